The zero-order valence-electron chi connectivity index (χ0n) is 11.8. The van der Waals surface area contributed by atoms with E-state index in [2.05, 4.69) is 6.07 Å². The second kappa shape index (κ2) is 6.80. The van der Waals surface area contributed by atoms with Crippen LogP contribution in [0.25, 0.3) is 0 Å². The largest absolute Gasteiger partial charge is 0.500 e. The molecule has 0 amide bonds. The number of allylic oxidation sites excluding steroid dienone is 2. The predicted octanol–water partition coefficient (Wildman–Crippen LogP) is 2.99. The lowest BCUT2D eigenvalue weighted by Crippen LogP contribution is -2.06. The maximum atomic E-state index is 10.7. The van der Waals surface area contributed by atoms with Crippen LogP contribution in [0.15, 0.2) is 35.6 Å². The third kappa shape index (κ3) is 3.54. The standard InChI is InChI=1S/C16H17NO4/c1-20-15-7-4-11(14(15)10-17)8-9-21-13-5-2-12(3-6-13)16(18)19/h2-3,5-6,11H,4,7-9H2,1H3,(H,18,19). The van der Waals surface area contributed by atoms with Crippen LogP contribution >= 0.6 is 0 Å². The molecule has 0 fully saturated rings. The number of carboxylic acid groups (broad SMARTS) is 1. The Bertz CT molecular complexity index is 583. The summed E-state index contributed by atoms with van der Waals surface area (Å²) in [6.07, 6.45) is 2.46. The molecule has 0 saturated heterocycles. The molecule has 0 heterocycles. The summed E-state index contributed by atoms with van der Waals surface area (Å²) in [6.45, 7) is 0.485. The van der Waals surface area contributed by atoms with Crippen molar-refractivity contribution in [3.63, 3.8) is 0 Å². The van der Waals surface area contributed by atoms with Crippen LogP contribution in [-0.2, 0) is 4.74 Å². The lowest BCUT2D eigenvalue weighted by molar-refractivity contribution is 0.0697. The van der Waals surface area contributed by atoms with Gasteiger partial charge in [-0.1, -0.05) is 0 Å². The third-order valence-corrected chi connectivity index (χ3v) is 3.63. The number of methoxy groups -OCH3 is 1. The Labute approximate surface area is 123 Å². The van der Waals surface area contributed by atoms with Crippen molar-refractivity contribution in [2.75, 3.05) is 13.7 Å². The molecular weight excluding hydrogens is 270 g/mol. The molecular formula is C16H17NO4. The summed E-state index contributed by atoms with van der Waals surface area (Å²) in [4.78, 5) is 10.7. The number of aromatic carboxylic acids is 1. The summed E-state index contributed by atoms with van der Waals surface area (Å²) < 4.78 is 10.8. The highest BCUT2D eigenvalue weighted by molar-refractivity contribution is 5.87. The van der Waals surface area contributed by atoms with Gasteiger partial charge in [0.1, 0.15) is 11.5 Å². The highest BCUT2D eigenvalue weighted by Crippen LogP contribution is 2.34. The topological polar surface area (TPSA) is 79.5 Å². The van der Waals surface area contributed by atoms with E-state index in [1.807, 2.05) is 0 Å². The summed E-state index contributed by atoms with van der Waals surface area (Å²) in [5.74, 6) is 0.646. The number of nitrogens with zero attached hydrogens (tertiary/aromatic N) is 1. The van der Waals surface area contributed by atoms with E-state index in [1.54, 1.807) is 19.2 Å². The predicted molar refractivity (Wildman–Crippen MR) is 75.9 cm³/mol. The summed E-state index contributed by atoms with van der Waals surface area (Å²) in [6, 6.07) is 8.52. The number of carboxylic acids is 1. The maximum Gasteiger partial charge on any atom is 0.335 e. The van der Waals surface area contributed by atoms with Crippen LogP contribution in [0, 0.1) is 17.2 Å². The molecule has 1 aromatic carbocycles. The van der Waals surface area contributed by atoms with Crippen molar-refractivity contribution in [2.24, 2.45) is 5.92 Å². The normalized spacial score (nSPS) is 17.4. The zero-order chi connectivity index (χ0) is 15.2. The number of ether oxygens (including phenoxy) is 2. The smallest absolute Gasteiger partial charge is 0.335 e. The van der Waals surface area contributed by atoms with Crippen molar-refractivity contribution in [3.8, 4) is 11.8 Å². The number of benzene rings is 1. The van der Waals surface area contributed by atoms with E-state index in [0.29, 0.717) is 12.4 Å². The van der Waals surface area contributed by atoms with E-state index < -0.39 is 5.97 Å². The molecule has 0 aliphatic heterocycles. The van der Waals surface area contributed by atoms with Gasteiger partial charge in [0, 0.05) is 12.3 Å². The van der Waals surface area contributed by atoms with E-state index in [-0.39, 0.29) is 11.5 Å². The van der Waals surface area contributed by atoms with Crippen LogP contribution in [0.1, 0.15) is 29.6 Å². The summed E-state index contributed by atoms with van der Waals surface area (Å²) >= 11 is 0. The summed E-state index contributed by atoms with van der Waals surface area (Å²) in [5.41, 5.74) is 0.958. The molecule has 1 unspecified atom stereocenters. The minimum absolute atomic E-state index is 0.184. The van der Waals surface area contributed by atoms with Crippen molar-refractivity contribution in [2.45, 2.75) is 19.3 Å². The summed E-state index contributed by atoms with van der Waals surface area (Å²) in [5, 5.41) is 18.0. The SMILES string of the molecule is COC1=C(C#N)C(CCOc2ccc(C(=O)O)cc2)CC1. The second-order valence-corrected chi connectivity index (χ2v) is 4.86. The molecule has 1 aliphatic carbocycles. The van der Waals surface area contributed by atoms with Gasteiger partial charge in [-0.3, -0.25) is 0 Å². The average Bonchev–Trinajstić information content (AvgIpc) is 2.89. The second-order valence-electron chi connectivity index (χ2n) is 4.86. The maximum absolute atomic E-state index is 10.7. The van der Waals surface area contributed by atoms with Crippen LogP contribution in [0.5, 0.6) is 5.75 Å². The fourth-order valence-corrected chi connectivity index (χ4v) is 2.48. The van der Waals surface area contributed by atoms with Gasteiger partial charge in [0.2, 0.25) is 0 Å². The van der Waals surface area contributed by atoms with Gasteiger partial charge in [-0.15, -0.1) is 0 Å². The van der Waals surface area contributed by atoms with Crippen molar-refractivity contribution in [1.29, 1.82) is 5.26 Å². The Kier molecular flexibility index (Phi) is 4.83. The first-order valence-corrected chi connectivity index (χ1v) is 6.79. The minimum atomic E-state index is -0.955. The van der Waals surface area contributed by atoms with Crippen LogP contribution in [0.4, 0.5) is 0 Å². The first kappa shape index (κ1) is 14.9. The molecule has 21 heavy (non-hydrogen) atoms. The Morgan fingerprint density at radius 3 is 2.71 bits per heavy atom. The average molecular weight is 287 g/mol. The van der Waals surface area contributed by atoms with Gasteiger partial charge < -0.3 is 14.6 Å². The van der Waals surface area contributed by atoms with Crippen LogP contribution < -0.4 is 4.74 Å². The molecule has 0 bridgehead atoms. The highest BCUT2D eigenvalue weighted by atomic mass is 16.5. The van der Waals surface area contributed by atoms with E-state index in [4.69, 9.17) is 19.8 Å². The molecule has 5 heteroatoms. The van der Waals surface area contributed by atoms with Crippen molar-refractivity contribution in [1.82, 2.24) is 0 Å². The lowest BCUT2D eigenvalue weighted by Gasteiger charge is -2.11. The number of hydrogen-bond acceptors (Lipinski definition) is 4. The molecule has 0 radical (unpaired) electrons. The Morgan fingerprint density at radius 1 is 1.43 bits per heavy atom. The van der Waals surface area contributed by atoms with Crippen molar-refractivity contribution < 1.29 is 19.4 Å². The van der Waals surface area contributed by atoms with E-state index in [9.17, 15) is 4.79 Å². The van der Waals surface area contributed by atoms with Crippen LogP contribution in [-0.4, -0.2) is 24.8 Å². The van der Waals surface area contributed by atoms with Gasteiger partial charge >= 0.3 is 5.97 Å². The fraction of sp³-hybridized carbons (Fsp3) is 0.375. The van der Waals surface area contributed by atoms with Gasteiger partial charge in [0.15, 0.2) is 0 Å². The number of hydrogen-bond donors (Lipinski definition) is 1. The molecule has 0 saturated carbocycles. The van der Waals surface area contributed by atoms with Gasteiger partial charge in [-0.2, -0.15) is 5.26 Å². The fourth-order valence-electron chi connectivity index (χ4n) is 2.48. The monoisotopic (exact) mass is 287 g/mol. The third-order valence-electron chi connectivity index (χ3n) is 3.63. The van der Waals surface area contributed by atoms with Gasteiger partial charge in [-0.25, -0.2) is 4.79 Å². The highest BCUT2D eigenvalue weighted by Gasteiger charge is 2.26. The van der Waals surface area contributed by atoms with E-state index >= 15 is 0 Å². The first-order valence-electron chi connectivity index (χ1n) is 6.79. The van der Waals surface area contributed by atoms with Crippen molar-refractivity contribution in [3.05, 3.63) is 41.2 Å². The van der Waals surface area contributed by atoms with Gasteiger partial charge in [0.25, 0.3) is 0 Å². The molecule has 5 nitrogen and oxygen atoms in total. The molecule has 2 rings (SSSR count). The van der Waals surface area contributed by atoms with E-state index in [0.717, 1.165) is 30.6 Å². The molecule has 1 aliphatic rings. The number of carbonyl (C=O) groups is 1. The molecule has 1 aromatic rings. The van der Waals surface area contributed by atoms with Gasteiger partial charge in [-0.05, 0) is 37.1 Å². The van der Waals surface area contributed by atoms with Crippen LogP contribution in [0.2, 0.25) is 0 Å². The number of nitriles is 1. The van der Waals surface area contributed by atoms with Crippen LogP contribution in [0.3, 0.4) is 0 Å². The molecule has 1 N–H and O–H groups in total. The molecule has 0 aromatic heterocycles. The molecule has 110 valence electrons. The quantitative estimate of drug-likeness (QED) is 0.870. The number of rotatable bonds is 6. The van der Waals surface area contributed by atoms with Gasteiger partial charge in [0.05, 0.1) is 30.9 Å². The summed E-state index contributed by atoms with van der Waals surface area (Å²) in [7, 11) is 1.59. The molecule has 1 atom stereocenters. The minimum Gasteiger partial charge on any atom is -0.500 e. The zero-order valence-corrected chi connectivity index (χ0v) is 11.8. The first-order chi connectivity index (χ1) is 10.2. The lowest BCUT2D eigenvalue weighted by atomic mass is 9.99. The Balaban J connectivity index is 1.86. The molecule has 0 spiro atoms. The van der Waals surface area contributed by atoms with Crippen molar-refractivity contribution >= 4 is 5.97 Å². The Morgan fingerprint density at radius 2 is 2.14 bits per heavy atom. The Hall–Kier alpha value is -2.48. The van der Waals surface area contributed by atoms with E-state index in [1.165, 1.54) is 12.1 Å².